The van der Waals surface area contributed by atoms with Gasteiger partial charge in [0.15, 0.2) is 0 Å². The topological polar surface area (TPSA) is 52.6 Å². The van der Waals surface area contributed by atoms with E-state index in [2.05, 4.69) is 0 Å². The zero-order valence-electron chi connectivity index (χ0n) is 13.3. The van der Waals surface area contributed by atoms with Crippen molar-refractivity contribution in [3.63, 3.8) is 0 Å². The second-order valence-corrected chi connectivity index (χ2v) is 6.53. The molecule has 1 aromatic carbocycles. The molecule has 0 N–H and O–H groups in total. The van der Waals surface area contributed by atoms with Crippen LogP contribution in [0.3, 0.4) is 0 Å². The van der Waals surface area contributed by atoms with Crippen molar-refractivity contribution in [2.75, 3.05) is 0 Å². The minimum atomic E-state index is -0.467. The van der Waals surface area contributed by atoms with Crippen molar-refractivity contribution in [2.24, 2.45) is 5.92 Å². The lowest BCUT2D eigenvalue weighted by Crippen LogP contribution is -2.33. The van der Waals surface area contributed by atoms with Crippen molar-refractivity contribution in [1.82, 2.24) is 0 Å². The Morgan fingerprint density at radius 1 is 1.18 bits per heavy atom. The van der Waals surface area contributed by atoms with E-state index in [0.29, 0.717) is 12.8 Å². The fourth-order valence-corrected chi connectivity index (χ4v) is 2.18. The first kappa shape index (κ1) is 16.3. The number of rotatable bonds is 4. The summed E-state index contributed by atoms with van der Waals surface area (Å²) in [6.07, 6.45) is 2.65. The second-order valence-electron chi connectivity index (χ2n) is 6.53. The molecule has 0 unspecified atom stereocenters. The average molecular weight is 302 g/mol. The monoisotopic (exact) mass is 302 g/mol. The molecule has 4 nitrogen and oxygen atoms in total. The third-order valence-electron chi connectivity index (χ3n) is 3.30. The molecule has 1 fully saturated rings. The summed E-state index contributed by atoms with van der Waals surface area (Å²) in [6.45, 7) is 5.81. The maximum Gasteiger partial charge on any atom is 0.331 e. The fourth-order valence-electron chi connectivity index (χ4n) is 2.18. The van der Waals surface area contributed by atoms with Gasteiger partial charge in [-0.3, -0.25) is 4.79 Å². The first-order valence-corrected chi connectivity index (χ1v) is 7.46. The fraction of sp³-hybridized carbons (Fsp3) is 0.444. The molecule has 0 saturated heterocycles. The van der Waals surface area contributed by atoms with Gasteiger partial charge in [0.2, 0.25) is 0 Å². The van der Waals surface area contributed by atoms with Crippen molar-refractivity contribution in [3.8, 4) is 0 Å². The van der Waals surface area contributed by atoms with Gasteiger partial charge >= 0.3 is 11.9 Å². The van der Waals surface area contributed by atoms with Crippen LogP contribution < -0.4 is 0 Å². The molecule has 0 amide bonds. The summed E-state index contributed by atoms with van der Waals surface area (Å²) >= 11 is 0. The molecule has 1 aliphatic carbocycles. The standard InChI is InChI=1S/C18H22O4/c1-18(2,3)22-17(20)15-9-14(10-15)11-16(19)21-12-13-7-5-4-6-8-13/h4-8,11,15H,9-10,12H2,1-3H3. The van der Waals surface area contributed by atoms with Crippen molar-refractivity contribution in [2.45, 2.75) is 45.8 Å². The summed E-state index contributed by atoms with van der Waals surface area (Å²) in [7, 11) is 0. The number of hydrogen-bond acceptors (Lipinski definition) is 4. The van der Waals surface area contributed by atoms with Crippen LogP contribution in [0, 0.1) is 5.92 Å². The Morgan fingerprint density at radius 3 is 2.41 bits per heavy atom. The van der Waals surface area contributed by atoms with E-state index in [0.717, 1.165) is 11.1 Å². The van der Waals surface area contributed by atoms with E-state index < -0.39 is 5.60 Å². The molecule has 4 heteroatoms. The van der Waals surface area contributed by atoms with Gasteiger partial charge in [-0.15, -0.1) is 0 Å². The normalized spacial score (nSPS) is 17.4. The van der Waals surface area contributed by atoms with Crippen molar-refractivity contribution in [3.05, 3.63) is 47.5 Å². The molecule has 22 heavy (non-hydrogen) atoms. The van der Waals surface area contributed by atoms with Crippen LogP contribution >= 0.6 is 0 Å². The van der Waals surface area contributed by atoms with E-state index in [-0.39, 0.29) is 24.5 Å². The molecule has 0 bridgehead atoms. The Balaban J connectivity index is 1.74. The first-order chi connectivity index (χ1) is 10.3. The third-order valence-corrected chi connectivity index (χ3v) is 3.30. The first-order valence-electron chi connectivity index (χ1n) is 7.46. The summed E-state index contributed by atoms with van der Waals surface area (Å²) in [5, 5.41) is 0. The minimum Gasteiger partial charge on any atom is -0.460 e. The van der Waals surface area contributed by atoms with Crippen molar-refractivity contribution >= 4 is 11.9 Å². The lowest BCUT2D eigenvalue weighted by molar-refractivity contribution is -0.161. The summed E-state index contributed by atoms with van der Waals surface area (Å²) in [6, 6.07) is 9.53. The van der Waals surface area contributed by atoms with Crippen LogP contribution in [0.15, 0.2) is 42.0 Å². The van der Waals surface area contributed by atoms with Crippen LogP contribution in [0.2, 0.25) is 0 Å². The maximum absolute atomic E-state index is 11.8. The predicted molar refractivity (Wildman–Crippen MR) is 82.9 cm³/mol. The lowest BCUT2D eigenvalue weighted by atomic mass is 9.80. The van der Waals surface area contributed by atoms with Crippen molar-refractivity contribution in [1.29, 1.82) is 0 Å². The molecule has 1 saturated carbocycles. The van der Waals surface area contributed by atoms with Crippen molar-refractivity contribution < 1.29 is 19.1 Å². The van der Waals surface area contributed by atoms with Gasteiger partial charge in [-0.25, -0.2) is 4.79 Å². The highest BCUT2D eigenvalue weighted by Crippen LogP contribution is 2.34. The summed E-state index contributed by atoms with van der Waals surface area (Å²) in [5.74, 6) is -0.684. The van der Waals surface area contributed by atoms with E-state index in [4.69, 9.17) is 9.47 Å². The van der Waals surface area contributed by atoms with E-state index in [9.17, 15) is 9.59 Å². The predicted octanol–water partition coefficient (Wildman–Crippen LogP) is 3.41. The Labute approximate surface area is 131 Å². The average Bonchev–Trinajstić information content (AvgIpc) is 2.39. The highest BCUT2D eigenvalue weighted by atomic mass is 16.6. The maximum atomic E-state index is 11.8. The van der Waals surface area contributed by atoms with Crippen LogP contribution in [-0.2, 0) is 25.7 Å². The largest absolute Gasteiger partial charge is 0.460 e. The van der Waals surface area contributed by atoms with Crippen LogP contribution in [0.4, 0.5) is 0 Å². The van der Waals surface area contributed by atoms with Gasteiger partial charge in [-0.1, -0.05) is 35.9 Å². The molecule has 0 aliphatic heterocycles. The number of carbonyl (C=O) groups excluding carboxylic acids is 2. The molecular weight excluding hydrogens is 280 g/mol. The van der Waals surface area contributed by atoms with E-state index in [1.807, 2.05) is 51.1 Å². The Hall–Kier alpha value is -2.10. The third kappa shape index (κ3) is 5.02. The number of ether oxygens (including phenoxy) is 2. The zero-order valence-corrected chi connectivity index (χ0v) is 13.3. The van der Waals surface area contributed by atoms with Crippen LogP contribution in [0.1, 0.15) is 39.2 Å². The van der Waals surface area contributed by atoms with Gasteiger partial charge in [-0.2, -0.15) is 0 Å². The van der Waals surface area contributed by atoms with Gasteiger partial charge in [0, 0.05) is 6.08 Å². The molecule has 2 rings (SSSR count). The highest BCUT2D eigenvalue weighted by Gasteiger charge is 2.33. The van der Waals surface area contributed by atoms with E-state index in [1.54, 1.807) is 0 Å². The number of allylic oxidation sites excluding steroid dienone is 1. The molecule has 0 radical (unpaired) electrons. The highest BCUT2D eigenvalue weighted by molar-refractivity contribution is 5.84. The van der Waals surface area contributed by atoms with E-state index >= 15 is 0 Å². The number of carbonyl (C=O) groups is 2. The van der Waals surface area contributed by atoms with Gasteiger partial charge in [0.25, 0.3) is 0 Å². The minimum absolute atomic E-state index is 0.132. The van der Waals surface area contributed by atoms with Gasteiger partial charge in [0.05, 0.1) is 5.92 Å². The number of hydrogen-bond donors (Lipinski definition) is 0. The molecule has 0 aromatic heterocycles. The van der Waals surface area contributed by atoms with Crippen LogP contribution in [0.5, 0.6) is 0 Å². The number of esters is 2. The summed E-state index contributed by atoms with van der Waals surface area (Å²) in [4.78, 5) is 23.5. The van der Waals surface area contributed by atoms with Crippen LogP contribution in [0.25, 0.3) is 0 Å². The molecule has 1 aliphatic rings. The van der Waals surface area contributed by atoms with Gasteiger partial charge in [-0.05, 0) is 39.2 Å². The quantitative estimate of drug-likeness (QED) is 0.632. The van der Waals surface area contributed by atoms with Crippen LogP contribution in [-0.4, -0.2) is 17.5 Å². The molecule has 1 aromatic rings. The molecular formula is C18H22O4. The Kier molecular flexibility index (Phi) is 5.01. The number of benzene rings is 1. The molecule has 0 heterocycles. The Bertz CT molecular complexity index is 558. The summed E-state index contributed by atoms with van der Waals surface area (Å²) in [5.41, 5.74) is 1.42. The molecule has 0 atom stereocenters. The van der Waals surface area contributed by atoms with Gasteiger partial charge in [0.1, 0.15) is 12.2 Å². The molecule has 0 spiro atoms. The lowest BCUT2D eigenvalue weighted by Gasteiger charge is -2.30. The molecule has 118 valence electrons. The Morgan fingerprint density at radius 2 is 1.82 bits per heavy atom. The van der Waals surface area contributed by atoms with Gasteiger partial charge < -0.3 is 9.47 Å². The second kappa shape index (κ2) is 6.77. The smallest absolute Gasteiger partial charge is 0.331 e. The van der Waals surface area contributed by atoms with E-state index in [1.165, 1.54) is 6.08 Å². The zero-order chi connectivity index (χ0) is 16.2. The SMILES string of the molecule is CC(C)(C)OC(=O)C1CC(=CC(=O)OCc2ccccc2)C1. The summed E-state index contributed by atoms with van der Waals surface area (Å²) < 4.78 is 10.5.